The summed E-state index contributed by atoms with van der Waals surface area (Å²) >= 11 is 11.7. The summed E-state index contributed by atoms with van der Waals surface area (Å²) in [5.41, 5.74) is 0.0610. The molecule has 142 valence electrons. The molecule has 0 aliphatic carbocycles. The quantitative estimate of drug-likeness (QED) is 0.675. The van der Waals surface area contributed by atoms with Crippen LogP contribution in [0.5, 0.6) is 11.5 Å². The lowest BCUT2D eigenvalue weighted by Gasteiger charge is -2.17. The zero-order valence-corrected chi connectivity index (χ0v) is 16.4. The first kappa shape index (κ1) is 20.7. The van der Waals surface area contributed by atoms with Gasteiger partial charge in [-0.1, -0.05) is 23.2 Å². The summed E-state index contributed by atoms with van der Waals surface area (Å²) in [6.07, 6.45) is 0. The van der Waals surface area contributed by atoms with Gasteiger partial charge in [-0.25, -0.2) is 0 Å². The highest BCUT2D eigenvalue weighted by Crippen LogP contribution is 2.46. The van der Waals surface area contributed by atoms with Crippen LogP contribution in [0.4, 0.5) is 0 Å². The minimum Gasteiger partial charge on any atom is -0.495 e. The molecule has 0 aromatic heterocycles. The van der Waals surface area contributed by atoms with E-state index >= 15 is 0 Å². The first-order valence-corrected chi connectivity index (χ1v) is 10.3. The lowest BCUT2D eigenvalue weighted by Crippen LogP contribution is -2.06. The molecule has 2 aromatic rings. The maximum atomic E-state index is 11.7. The number of hydrogen-bond acceptors (Lipinski definition) is 6. The largest absolute Gasteiger partial charge is 0.495 e. The Balaban J connectivity index is 3.00. The van der Waals surface area contributed by atoms with E-state index in [4.69, 9.17) is 32.7 Å². The SMILES string of the molecule is COc1c(-c2ccc(Cl)c(S(=O)(=O)O)c2OC)ccc(Cl)c1S(=O)(=O)O. The van der Waals surface area contributed by atoms with Crippen molar-refractivity contribution in [1.29, 1.82) is 0 Å². The molecule has 0 amide bonds. The Morgan fingerprint density at radius 1 is 0.731 bits per heavy atom. The zero-order chi connectivity index (χ0) is 19.9. The second-order valence-corrected chi connectivity index (χ2v) is 8.40. The van der Waals surface area contributed by atoms with Crippen molar-refractivity contribution in [1.82, 2.24) is 0 Å². The van der Waals surface area contributed by atoms with Crippen LogP contribution in [0.3, 0.4) is 0 Å². The maximum Gasteiger partial charge on any atom is 0.299 e. The first-order chi connectivity index (χ1) is 11.9. The van der Waals surface area contributed by atoms with Gasteiger partial charge in [0.15, 0.2) is 9.79 Å². The van der Waals surface area contributed by atoms with Gasteiger partial charge in [-0.15, -0.1) is 0 Å². The average molecular weight is 443 g/mol. The van der Waals surface area contributed by atoms with E-state index in [1.807, 2.05) is 0 Å². The molecule has 8 nitrogen and oxygen atoms in total. The molecule has 0 saturated heterocycles. The standard InChI is InChI=1S/C14H12Cl2O8S2/c1-23-11-7(3-5-9(15)13(11)25(17,18)19)8-4-6-10(16)14(12(8)24-2)26(20,21)22/h3-6H,1-2H3,(H,17,18,19)(H,20,21,22). The third kappa shape index (κ3) is 3.75. The van der Waals surface area contributed by atoms with Crippen LogP contribution in [0.25, 0.3) is 11.1 Å². The van der Waals surface area contributed by atoms with Crippen molar-refractivity contribution in [3.05, 3.63) is 34.3 Å². The van der Waals surface area contributed by atoms with E-state index in [0.717, 1.165) is 14.2 Å². The van der Waals surface area contributed by atoms with Crippen LogP contribution in [-0.2, 0) is 20.2 Å². The van der Waals surface area contributed by atoms with E-state index in [-0.39, 0.29) is 32.7 Å². The van der Waals surface area contributed by atoms with Crippen molar-refractivity contribution >= 4 is 43.4 Å². The zero-order valence-electron chi connectivity index (χ0n) is 13.2. The Morgan fingerprint density at radius 2 is 1.04 bits per heavy atom. The first-order valence-electron chi connectivity index (χ1n) is 6.61. The van der Waals surface area contributed by atoms with E-state index in [0.29, 0.717) is 0 Å². The lowest BCUT2D eigenvalue weighted by atomic mass is 10.0. The summed E-state index contributed by atoms with van der Waals surface area (Å²) < 4.78 is 75.6. The molecule has 2 rings (SSSR count). The number of hydrogen-bond donors (Lipinski definition) is 2. The molecular weight excluding hydrogens is 431 g/mol. The molecule has 26 heavy (non-hydrogen) atoms. The Bertz CT molecular complexity index is 991. The Labute approximate surface area is 159 Å². The van der Waals surface area contributed by atoms with Crippen LogP contribution in [0, 0.1) is 0 Å². The van der Waals surface area contributed by atoms with Crippen molar-refractivity contribution in [2.45, 2.75) is 9.79 Å². The third-order valence-corrected chi connectivity index (χ3v) is 6.04. The van der Waals surface area contributed by atoms with Crippen LogP contribution < -0.4 is 9.47 Å². The van der Waals surface area contributed by atoms with Crippen LogP contribution in [0.2, 0.25) is 10.0 Å². The summed E-state index contributed by atoms with van der Waals surface area (Å²) in [7, 11) is -7.26. The van der Waals surface area contributed by atoms with Crippen molar-refractivity contribution < 1.29 is 35.4 Å². The molecule has 0 spiro atoms. The van der Waals surface area contributed by atoms with E-state index in [2.05, 4.69) is 0 Å². The van der Waals surface area contributed by atoms with Crippen molar-refractivity contribution in [3.63, 3.8) is 0 Å². The van der Waals surface area contributed by atoms with E-state index in [9.17, 15) is 25.9 Å². The summed E-state index contributed by atoms with van der Waals surface area (Å²) in [6, 6.07) is 5.00. The molecular formula is C14H12Cl2O8S2. The van der Waals surface area contributed by atoms with Gasteiger partial charge in [-0.3, -0.25) is 9.11 Å². The molecule has 0 aliphatic rings. The third-order valence-electron chi connectivity index (χ3n) is 3.34. The fraction of sp³-hybridized carbons (Fsp3) is 0.143. The number of benzene rings is 2. The molecule has 12 heteroatoms. The van der Waals surface area contributed by atoms with E-state index in [1.54, 1.807) is 0 Å². The molecule has 2 aromatic carbocycles. The minimum absolute atomic E-state index is 0.0305. The Hall–Kier alpha value is -1.56. The summed E-state index contributed by atoms with van der Waals surface area (Å²) in [4.78, 5) is -1.41. The molecule has 0 radical (unpaired) electrons. The molecule has 2 N–H and O–H groups in total. The maximum absolute atomic E-state index is 11.7. The topological polar surface area (TPSA) is 127 Å². The second-order valence-electron chi connectivity index (χ2n) is 4.86. The minimum atomic E-state index is -4.76. The van der Waals surface area contributed by atoms with Gasteiger partial charge in [0, 0.05) is 11.1 Å². The van der Waals surface area contributed by atoms with Gasteiger partial charge in [0.05, 0.1) is 24.3 Å². The predicted molar refractivity (Wildman–Crippen MR) is 94.6 cm³/mol. The highest BCUT2D eigenvalue weighted by atomic mass is 35.5. The number of rotatable bonds is 5. The van der Waals surface area contributed by atoms with Gasteiger partial charge >= 0.3 is 0 Å². The fourth-order valence-electron chi connectivity index (χ4n) is 2.39. The van der Waals surface area contributed by atoms with Gasteiger partial charge in [0.2, 0.25) is 0 Å². The Kier molecular flexibility index (Phi) is 5.76. The smallest absolute Gasteiger partial charge is 0.299 e. The van der Waals surface area contributed by atoms with Crippen LogP contribution in [-0.4, -0.2) is 40.2 Å². The summed E-state index contributed by atoms with van der Waals surface area (Å²) in [5.74, 6) is -0.691. The van der Waals surface area contributed by atoms with Gasteiger partial charge in [-0.05, 0) is 24.3 Å². The van der Waals surface area contributed by atoms with Crippen LogP contribution in [0.15, 0.2) is 34.1 Å². The molecule has 0 atom stereocenters. The molecule has 0 unspecified atom stereocenters. The number of ether oxygens (including phenoxy) is 2. The molecule has 0 saturated carbocycles. The Morgan fingerprint density at radius 3 is 1.27 bits per heavy atom. The normalized spacial score (nSPS) is 12.1. The van der Waals surface area contributed by atoms with Crippen molar-refractivity contribution in [2.75, 3.05) is 14.2 Å². The lowest BCUT2D eigenvalue weighted by molar-refractivity contribution is 0.392. The predicted octanol–water partition coefficient (Wildman–Crippen LogP) is 3.17. The highest BCUT2D eigenvalue weighted by Gasteiger charge is 2.29. The molecule has 0 aliphatic heterocycles. The summed E-state index contributed by atoms with van der Waals surface area (Å²) in [6.45, 7) is 0. The average Bonchev–Trinajstić information content (AvgIpc) is 2.51. The van der Waals surface area contributed by atoms with Gasteiger partial charge in [0.25, 0.3) is 20.2 Å². The van der Waals surface area contributed by atoms with Crippen molar-refractivity contribution in [3.8, 4) is 22.6 Å². The van der Waals surface area contributed by atoms with Crippen LogP contribution in [0.1, 0.15) is 0 Å². The second kappa shape index (κ2) is 7.22. The van der Waals surface area contributed by atoms with E-state index in [1.165, 1.54) is 24.3 Å². The molecule has 0 fully saturated rings. The van der Waals surface area contributed by atoms with Crippen molar-refractivity contribution in [2.24, 2.45) is 0 Å². The van der Waals surface area contributed by atoms with Gasteiger partial charge in [0.1, 0.15) is 11.5 Å². The monoisotopic (exact) mass is 442 g/mol. The van der Waals surface area contributed by atoms with Crippen LogP contribution >= 0.6 is 23.2 Å². The summed E-state index contributed by atoms with van der Waals surface area (Å²) in [5, 5.41) is -0.618. The van der Waals surface area contributed by atoms with Gasteiger partial charge in [-0.2, -0.15) is 16.8 Å². The van der Waals surface area contributed by atoms with E-state index < -0.39 is 30.0 Å². The molecule has 0 heterocycles. The number of methoxy groups -OCH3 is 2. The fourth-order valence-corrected chi connectivity index (χ4v) is 4.75. The number of halogens is 2. The van der Waals surface area contributed by atoms with Gasteiger partial charge < -0.3 is 9.47 Å². The highest BCUT2D eigenvalue weighted by molar-refractivity contribution is 7.86. The molecule has 0 bridgehead atoms.